The predicted molar refractivity (Wildman–Crippen MR) is 107 cm³/mol. The number of aryl methyl sites for hydroxylation is 1. The van der Waals surface area contributed by atoms with E-state index in [0.29, 0.717) is 18.4 Å². The van der Waals surface area contributed by atoms with Crippen LogP contribution in [0.4, 0.5) is 0 Å². The van der Waals surface area contributed by atoms with E-state index < -0.39 is 0 Å². The van der Waals surface area contributed by atoms with Gasteiger partial charge >= 0.3 is 5.97 Å². The fourth-order valence-electron chi connectivity index (χ4n) is 4.56. The summed E-state index contributed by atoms with van der Waals surface area (Å²) >= 11 is 0. The van der Waals surface area contributed by atoms with Crippen molar-refractivity contribution >= 4 is 5.97 Å². The highest BCUT2D eigenvalue weighted by Crippen LogP contribution is 2.47. The van der Waals surface area contributed by atoms with Crippen LogP contribution in [0.15, 0.2) is 18.2 Å². The zero-order valence-electron chi connectivity index (χ0n) is 17.5. The number of hydrogen-bond donors (Lipinski definition) is 2. The van der Waals surface area contributed by atoms with E-state index in [1.54, 1.807) is 6.07 Å². The van der Waals surface area contributed by atoms with Gasteiger partial charge in [0.1, 0.15) is 11.3 Å². The number of quaternary nitrogens is 1. The van der Waals surface area contributed by atoms with E-state index in [0.717, 1.165) is 19.3 Å². The van der Waals surface area contributed by atoms with Gasteiger partial charge in [0.25, 0.3) is 0 Å². The second-order valence-electron chi connectivity index (χ2n) is 6.90. The third-order valence-corrected chi connectivity index (χ3v) is 5.72. The SMILES string of the molecule is CC.CC.CC(=O)OC[NH+](C)C12CCCCC1c1cc(O)ccc1CC2. The molecule has 0 spiro atoms. The maximum absolute atomic E-state index is 11.2. The van der Waals surface area contributed by atoms with Crippen LogP contribution < -0.4 is 4.90 Å². The number of hydrogen-bond acceptors (Lipinski definition) is 3. The van der Waals surface area contributed by atoms with Crippen molar-refractivity contribution in [1.82, 2.24) is 0 Å². The largest absolute Gasteiger partial charge is 0.508 e. The summed E-state index contributed by atoms with van der Waals surface area (Å²) in [4.78, 5) is 12.5. The van der Waals surface area contributed by atoms with Crippen LogP contribution in [0.5, 0.6) is 5.75 Å². The maximum atomic E-state index is 11.2. The Balaban J connectivity index is 0.000000791. The Labute approximate surface area is 159 Å². The highest BCUT2D eigenvalue weighted by atomic mass is 16.5. The van der Waals surface area contributed by atoms with Gasteiger partial charge in [-0.3, -0.25) is 9.69 Å². The fourth-order valence-corrected chi connectivity index (χ4v) is 4.56. The standard InChI is InChI=1S/C18H25NO3.2C2H6/c1-13(20)22-12-19(2)18-9-4-3-5-17(18)16-11-15(21)7-6-14(16)8-10-18;2*1-2/h6-7,11,17,21H,3-5,8-10,12H2,1-2H3;2*1-2H3/p+1. The predicted octanol–water partition coefficient (Wildman–Crippen LogP) is 3.82. The van der Waals surface area contributed by atoms with Gasteiger partial charge in [0.15, 0.2) is 0 Å². The zero-order valence-corrected chi connectivity index (χ0v) is 17.5. The smallest absolute Gasteiger partial charge is 0.306 e. The molecule has 4 heteroatoms. The van der Waals surface area contributed by atoms with Gasteiger partial charge in [0, 0.05) is 25.7 Å². The summed E-state index contributed by atoms with van der Waals surface area (Å²) in [7, 11) is 2.15. The van der Waals surface area contributed by atoms with E-state index >= 15 is 0 Å². The molecule has 0 aromatic heterocycles. The Morgan fingerprint density at radius 2 is 1.92 bits per heavy atom. The third kappa shape index (κ3) is 4.79. The van der Waals surface area contributed by atoms with E-state index in [1.807, 2.05) is 33.8 Å². The number of carbonyl (C=O) groups excluding carboxylic acids is 1. The molecule has 0 saturated heterocycles. The molecule has 1 aromatic rings. The highest BCUT2D eigenvalue weighted by molar-refractivity contribution is 5.65. The number of fused-ring (bicyclic) bond motifs is 3. The first-order valence-corrected chi connectivity index (χ1v) is 10.3. The minimum absolute atomic E-state index is 0.133. The van der Waals surface area contributed by atoms with Crippen molar-refractivity contribution in [3.8, 4) is 5.75 Å². The summed E-state index contributed by atoms with van der Waals surface area (Å²) in [6, 6.07) is 5.83. The number of benzene rings is 1. The minimum atomic E-state index is -0.211. The Morgan fingerprint density at radius 1 is 1.23 bits per heavy atom. The van der Waals surface area contributed by atoms with Crippen LogP contribution in [0.25, 0.3) is 0 Å². The van der Waals surface area contributed by atoms with Crippen LogP contribution in [0.2, 0.25) is 0 Å². The zero-order chi connectivity index (χ0) is 19.7. The van der Waals surface area contributed by atoms with Crippen molar-refractivity contribution in [2.75, 3.05) is 13.8 Å². The molecule has 3 unspecified atom stereocenters. The van der Waals surface area contributed by atoms with Gasteiger partial charge in [0.2, 0.25) is 6.73 Å². The van der Waals surface area contributed by atoms with Gasteiger partial charge in [-0.1, -0.05) is 40.2 Å². The molecule has 3 rings (SSSR count). The van der Waals surface area contributed by atoms with Gasteiger partial charge in [-0.05, 0) is 42.5 Å². The van der Waals surface area contributed by atoms with Gasteiger partial charge in [-0.25, -0.2) is 0 Å². The molecule has 148 valence electrons. The summed E-state index contributed by atoms with van der Waals surface area (Å²) in [5, 5.41) is 9.90. The Morgan fingerprint density at radius 3 is 2.58 bits per heavy atom. The molecule has 0 radical (unpaired) electrons. The molecule has 3 atom stereocenters. The summed E-state index contributed by atoms with van der Waals surface area (Å²) in [5.41, 5.74) is 2.82. The minimum Gasteiger partial charge on any atom is -0.508 e. The number of ether oxygens (including phenoxy) is 1. The van der Waals surface area contributed by atoms with Crippen molar-refractivity contribution in [3.05, 3.63) is 29.3 Å². The molecule has 0 amide bonds. The van der Waals surface area contributed by atoms with Crippen LogP contribution in [0.1, 0.15) is 83.8 Å². The number of phenolic OH excluding ortho intramolecular Hbond substituents is 1. The van der Waals surface area contributed by atoms with E-state index in [9.17, 15) is 9.90 Å². The summed E-state index contributed by atoms with van der Waals surface area (Å²) < 4.78 is 5.29. The first-order valence-electron chi connectivity index (χ1n) is 10.3. The summed E-state index contributed by atoms with van der Waals surface area (Å²) in [5.74, 6) is 0.599. The van der Waals surface area contributed by atoms with Crippen LogP contribution in [-0.2, 0) is 16.0 Å². The molecule has 0 aliphatic heterocycles. The quantitative estimate of drug-likeness (QED) is 0.633. The molecule has 1 saturated carbocycles. The van der Waals surface area contributed by atoms with Gasteiger partial charge in [0.05, 0.1) is 7.05 Å². The van der Waals surface area contributed by atoms with E-state index in [1.165, 1.54) is 42.2 Å². The average Bonchev–Trinajstić information content (AvgIpc) is 2.69. The van der Waals surface area contributed by atoms with Gasteiger partial charge < -0.3 is 9.84 Å². The first kappa shape index (κ1) is 22.5. The van der Waals surface area contributed by atoms with Crippen LogP contribution in [0.3, 0.4) is 0 Å². The molecule has 4 nitrogen and oxygen atoms in total. The van der Waals surface area contributed by atoms with E-state index in [4.69, 9.17) is 4.74 Å². The first-order chi connectivity index (χ1) is 12.5. The van der Waals surface area contributed by atoms with Crippen LogP contribution in [-0.4, -0.2) is 30.4 Å². The number of likely N-dealkylation sites (N-methyl/N-ethyl adjacent to an activating group) is 1. The fraction of sp³-hybridized carbons (Fsp3) is 0.682. The number of nitrogens with one attached hydrogen (secondary N) is 1. The molecule has 26 heavy (non-hydrogen) atoms. The highest BCUT2D eigenvalue weighted by Gasteiger charge is 2.50. The van der Waals surface area contributed by atoms with E-state index in [2.05, 4.69) is 13.1 Å². The number of rotatable bonds is 3. The Kier molecular flexibility index (Phi) is 9.14. The van der Waals surface area contributed by atoms with Gasteiger partial charge in [-0.15, -0.1) is 0 Å². The van der Waals surface area contributed by atoms with Crippen molar-refractivity contribution in [2.24, 2.45) is 0 Å². The van der Waals surface area contributed by atoms with Crippen molar-refractivity contribution in [2.45, 2.75) is 84.6 Å². The monoisotopic (exact) mass is 364 g/mol. The van der Waals surface area contributed by atoms with Crippen molar-refractivity contribution in [3.63, 3.8) is 0 Å². The lowest BCUT2D eigenvalue weighted by Gasteiger charge is -2.50. The van der Waals surface area contributed by atoms with Crippen molar-refractivity contribution in [1.29, 1.82) is 0 Å². The molecule has 0 heterocycles. The second-order valence-corrected chi connectivity index (χ2v) is 6.90. The lowest BCUT2D eigenvalue weighted by Crippen LogP contribution is -3.19. The Hall–Kier alpha value is -1.55. The van der Waals surface area contributed by atoms with Crippen molar-refractivity contribution < 1.29 is 19.5 Å². The average molecular weight is 365 g/mol. The summed E-state index contributed by atoms with van der Waals surface area (Å²) in [6.07, 6.45) is 6.98. The topological polar surface area (TPSA) is 51.0 Å². The maximum Gasteiger partial charge on any atom is 0.306 e. The number of phenols is 1. The summed E-state index contributed by atoms with van der Waals surface area (Å²) in [6.45, 7) is 9.90. The third-order valence-electron chi connectivity index (χ3n) is 5.72. The normalized spacial score (nSPS) is 24.5. The van der Waals surface area contributed by atoms with Gasteiger partial charge in [-0.2, -0.15) is 0 Å². The number of aromatic hydroxyl groups is 1. The second kappa shape index (κ2) is 10.6. The van der Waals surface area contributed by atoms with Crippen LogP contribution >= 0.6 is 0 Å². The molecule has 1 aromatic carbocycles. The molecular formula is C22H38NO3+. The molecule has 1 fully saturated rings. The number of esters is 1. The molecule has 2 N–H and O–H groups in total. The van der Waals surface area contributed by atoms with E-state index in [-0.39, 0.29) is 11.5 Å². The lowest BCUT2D eigenvalue weighted by atomic mass is 9.62. The molecule has 0 bridgehead atoms. The molecule has 2 aliphatic carbocycles. The molecule has 2 aliphatic rings. The molecular weight excluding hydrogens is 326 g/mol. The Bertz CT molecular complexity index is 573. The lowest BCUT2D eigenvalue weighted by molar-refractivity contribution is -0.954. The van der Waals surface area contributed by atoms with Crippen LogP contribution in [0, 0.1) is 0 Å². The number of carbonyl (C=O) groups is 1.